The number of thioether (sulfide) groups is 1. The molecule has 2 saturated heterocycles. The second kappa shape index (κ2) is 6.19. The summed E-state index contributed by atoms with van der Waals surface area (Å²) in [4.78, 5) is 12.4. The lowest BCUT2D eigenvalue weighted by atomic mass is 9.83. The monoisotopic (exact) mass is 291 g/mol. The minimum atomic E-state index is -0.00398. The highest BCUT2D eigenvalue weighted by Gasteiger charge is 2.42. The van der Waals surface area contributed by atoms with Gasteiger partial charge in [0.15, 0.2) is 5.78 Å². The molecule has 1 aromatic carbocycles. The molecule has 4 heteroatoms. The predicted octanol–water partition coefficient (Wildman–Crippen LogP) is 2.97. The van der Waals surface area contributed by atoms with Gasteiger partial charge >= 0.3 is 0 Å². The van der Waals surface area contributed by atoms with E-state index in [-0.39, 0.29) is 11.5 Å². The fourth-order valence-electron chi connectivity index (χ4n) is 3.06. The van der Waals surface area contributed by atoms with Crippen LogP contribution in [-0.4, -0.2) is 36.0 Å². The van der Waals surface area contributed by atoms with Crippen molar-refractivity contribution in [2.75, 3.05) is 30.0 Å². The molecule has 0 aromatic heterocycles. The van der Waals surface area contributed by atoms with Crippen LogP contribution in [0.2, 0.25) is 0 Å². The first kappa shape index (κ1) is 14.0. The van der Waals surface area contributed by atoms with Gasteiger partial charge in [-0.15, -0.1) is 0 Å². The number of rotatable bonds is 4. The van der Waals surface area contributed by atoms with E-state index in [9.17, 15) is 4.79 Å². The maximum absolute atomic E-state index is 12.4. The molecule has 1 spiro atoms. The Labute approximate surface area is 124 Å². The average Bonchev–Trinajstić information content (AvgIpc) is 2.93. The summed E-state index contributed by atoms with van der Waals surface area (Å²) < 4.78 is 5.98. The van der Waals surface area contributed by atoms with Crippen LogP contribution in [0, 0.1) is 5.92 Å². The van der Waals surface area contributed by atoms with Crippen molar-refractivity contribution in [2.45, 2.75) is 24.9 Å². The van der Waals surface area contributed by atoms with Crippen molar-refractivity contribution in [2.24, 2.45) is 5.92 Å². The van der Waals surface area contributed by atoms with Crippen molar-refractivity contribution in [3.05, 3.63) is 30.3 Å². The highest BCUT2D eigenvalue weighted by Crippen LogP contribution is 2.40. The maximum Gasteiger partial charge on any atom is 0.155 e. The SMILES string of the molecule is O=C(CNc1ccccc1)C1CCOC2(CCSC2)C1. The van der Waals surface area contributed by atoms with Crippen LogP contribution in [-0.2, 0) is 9.53 Å². The standard InChI is InChI=1S/C16H21NO2S/c18-15(11-17-14-4-2-1-3-5-14)13-6-8-19-16(10-13)7-9-20-12-16/h1-5,13,17H,6-12H2. The Hall–Kier alpha value is -1.00. The van der Waals surface area contributed by atoms with Gasteiger partial charge in [-0.25, -0.2) is 0 Å². The largest absolute Gasteiger partial charge is 0.378 e. The van der Waals surface area contributed by atoms with Crippen molar-refractivity contribution in [1.29, 1.82) is 0 Å². The first-order valence-electron chi connectivity index (χ1n) is 7.31. The third-order valence-corrected chi connectivity index (χ3v) is 5.48. The number of carbonyl (C=O) groups excluding carboxylic acids is 1. The summed E-state index contributed by atoms with van der Waals surface area (Å²) in [6.07, 6.45) is 2.89. The van der Waals surface area contributed by atoms with Gasteiger partial charge in [-0.05, 0) is 37.1 Å². The highest BCUT2D eigenvalue weighted by atomic mass is 32.2. The summed E-state index contributed by atoms with van der Waals surface area (Å²) in [5.74, 6) is 2.72. The van der Waals surface area contributed by atoms with Gasteiger partial charge in [-0.2, -0.15) is 11.8 Å². The van der Waals surface area contributed by atoms with Crippen molar-refractivity contribution < 1.29 is 9.53 Å². The molecule has 3 nitrogen and oxygen atoms in total. The summed E-state index contributed by atoms with van der Waals surface area (Å²) >= 11 is 1.95. The van der Waals surface area contributed by atoms with Crippen molar-refractivity contribution >= 4 is 23.2 Å². The first-order valence-corrected chi connectivity index (χ1v) is 8.46. The van der Waals surface area contributed by atoms with E-state index in [1.54, 1.807) is 0 Å². The van der Waals surface area contributed by atoms with E-state index in [0.717, 1.165) is 37.3 Å². The predicted molar refractivity (Wildman–Crippen MR) is 83.3 cm³/mol. The summed E-state index contributed by atoms with van der Waals surface area (Å²) in [5, 5.41) is 3.23. The van der Waals surface area contributed by atoms with Crippen molar-refractivity contribution in [3.63, 3.8) is 0 Å². The van der Waals surface area contributed by atoms with Gasteiger partial charge in [0.25, 0.3) is 0 Å². The lowest BCUT2D eigenvalue weighted by Crippen LogP contribution is -2.43. The van der Waals surface area contributed by atoms with Gasteiger partial charge in [-0.3, -0.25) is 4.79 Å². The van der Waals surface area contributed by atoms with Crippen LogP contribution < -0.4 is 5.32 Å². The number of hydrogen-bond donors (Lipinski definition) is 1. The van der Waals surface area contributed by atoms with Crippen LogP contribution in [0.3, 0.4) is 0 Å². The van der Waals surface area contributed by atoms with Gasteiger partial charge in [0.2, 0.25) is 0 Å². The molecule has 1 N–H and O–H groups in total. The number of Topliss-reactive ketones (excluding diaryl/α,β-unsaturated/α-hetero) is 1. The lowest BCUT2D eigenvalue weighted by Gasteiger charge is -2.37. The molecule has 0 saturated carbocycles. The molecule has 0 radical (unpaired) electrons. The van der Waals surface area contributed by atoms with Gasteiger partial charge < -0.3 is 10.1 Å². The fourth-order valence-corrected chi connectivity index (χ4v) is 4.43. The van der Waals surface area contributed by atoms with Crippen LogP contribution >= 0.6 is 11.8 Å². The Morgan fingerprint density at radius 1 is 1.40 bits per heavy atom. The third kappa shape index (κ3) is 3.18. The molecular weight excluding hydrogens is 270 g/mol. The normalized spacial score (nSPS) is 29.5. The molecule has 2 heterocycles. The Morgan fingerprint density at radius 3 is 3.00 bits per heavy atom. The van der Waals surface area contributed by atoms with E-state index in [2.05, 4.69) is 5.32 Å². The minimum absolute atomic E-state index is 0.00398. The third-order valence-electron chi connectivity index (χ3n) is 4.26. The average molecular weight is 291 g/mol. The molecule has 1 aromatic rings. The number of anilines is 1. The van der Waals surface area contributed by atoms with Crippen molar-refractivity contribution in [3.8, 4) is 0 Å². The van der Waals surface area contributed by atoms with E-state index in [4.69, 9.17) is 4.74 Å². The summed E-state index contributed by atoms with van der Waals surface area (Å²) in [5.41, 5.74) is 1.01. The zero-order chi connectivity index (χ0) is 13.8. The number of benzene rings is 1. The molecule has 2 atom stereocenters. The lowest BCUT2D eigenvalue weighted by molar-refractivity contribution is -0.132. The number of carbonyl (C=O) groups is 1. The Morgan fingerprint density at radius 2 is 2.25 bits per heavy atom. The molecule has 108 valence electrons. The zero-order valence-corrected chi connectivity index (χ0v) is 12.5. The Bertz CT molecular complexity index is 457. The molecule has 0 amide bonds. The highest BCUT2D eigenvalue weighted by molar-refractivity contribution is 7.99. The van der Waals surface area contributed by atoms with E-state index in [0.29, 0.717) is 12.3 Å². The molecule has 2 unspecified atom stereocenters. The number of nitrogens with one attached hydrogen (secondary N) is 1. The van der Waals surface area contributed by atoms with E-state index >= 15 is 0 Å². The maximum atomic E-state index is 12.4. The fraction of sp³-hybridized carbons (Fsp3) is 0.562. The number of ketones is 1. The number of para-hydroxylation sites is 1. The Balaban J connectivity index is 1.54. The van der Waals surface area contributed by atoms with Crippen LogP contribution in [0.5, 0.6) is 0 Å². The van der Waals surface area contributed by atoms with Crippen LogP contribution in [0.25, 0.3) is 0 Å². The molecular formula is C16H21NO2S. The van der Waals surface area contributed by atoms with Gasteiger partial charge in [0.05, 0.1) is 12.1 Å². The molecule has 3 rings (SSSR count). The van der Waals surface area contributed by atoms with Gasteiger partial charge in [0, 0.05) is 24.0 Å². The van der Waals surface area contributed by atoms with E-state index in [1.165, 1.54) is 5.75 Å². The molecule has 2 fully saturated rings. The minimum Gasteiger partial charge on any atom is -0.378 e. The zero-order valence-electron chi connectivity index (χ0n) is 11.6. The van der Waals surface area contributed by atoms with Gasteiger partial charge in [-0.1, -0.05) is 18.2 Å². The van der Waals surface area contributed by atoms with Crippen LogP contribution in [0.1, 0.15) is 19.3 Å². The van der Waals surface area contributed by atoms with Gasteiger partial charge in [0.1, 0.15) is 0 Å². The number of hydrogen-bond acceptors (Lipinski definition) is 4. The molecule has 0 aliphatic carbocycles. The van der Waals surface area contributed by atoms with Crippen LogP contribution in [0.4, 0.5) is 5.69 Å². The summed E-state index contributed by atoms with van der Waals surface area (Å²) in [6.45, 7) is 1.17. The topological polar surface area (TPSA) is 38.3 Å². The molecule has 2 aliphatic heterocycles. The summed E-state index contributed by atoms with van der Waals surface area (Å²) in [7, 11) is 0. The second-order valence-electron chi connectivity index (χ2n) is 5.71. The summed E-state index contributed by atoms with van der Waals surface area (Å²) in [6, 6.07) is 9.92. The quantitative estimate of drug-likeness (QED) is 0.925. The smallest absolute Gasteiger partial charge is 0.155 e. The Kier molecular flexibility index (Phi) is 4.32. The van der Waals surface area contributed by atoms with Crippen molar-refractivity contribution in [1.82, 2.24) is 0 Å². The number of ether oxygens (including phenoxy) is 1. The van der Waals surface area contributed by atoms with E-state index in [1.807, 2.05) is 42.1 Å². The first-order chi connectivity index (χ1) is 9.77. The second-order valence-corrected chi connectivity index (χ2v) is 6.81. The molecule has 2 aliphatic rings. The van der Waals surface area contributed by atoms with Crippen LogP contribution in [0.15, 0.2) is 30.3 Å². The van der Waals surface area contributed by atoms with E-state index < -0.39 is 0 Å². The molecule has 0 bridgehead atoms. The molecule has 20 heavy (non-hydrogen) atoms.